The predicted octanol–water partition coefficient (Wildman–Crippen LogP) is 2.68. The summed E-state index contributed by atoms with van der Waals surface area (Å²) in [5.41, 5.74) is 7.83. The SMILES string of the molecule is CCCN(CCO)c1ccc(C(N)=S)c2ccccc12. The number of hydrogen-bond donors (Lipinski definition) is 2. The van der Waals surface area contributed by atoms with Gasteiger partial charge in [0, 0.05) is 29.7 Å². The average molecular weight is 288 g/mol. The molecule has 0 aliphatic rings. The highest BCUT2D eigenvalue weighted by atomic mass is 32.1. The van der Waals surface area contributed by atoms with Crippen LogP contribution in [0.1, 0.15) is 18.9 Å². The number of aliphatic hydroxyl groups is 1. The van der Waals surface area contributed by atoms with Gasteiger partial charge in [0.15, 0.2) is 0 Å². The quantitative estimate of drug-likeness (QED) is 0.802. The van der Waals surface area contributed by atoms with Gasteiger partial charge in [0.05, 0.1) is 6.61 Å². The number of hydrogen-bond acceptors (Lipinski definition) is 3. The molecule has 0 unspecified atom stereocenters. The minimum atomic E-state index is 0.144. The van der Waals surface area contributed by atoms with Crippen LogP contribution in [0.2, 0.25) is 0 Å². The Morgan fingerprint density at radius 2 is 1.85 bits per heavy atom. The Balaban J connectivity index is 2.59. The van der Waals surface area contributed by atoms with E-state index in [9.17, 15) is 5.11 Å². The normalized spacial score (nSPS) is 10.7. The van der Waals surface area contributed by atoms with Gasteiger partial charge in [-0.2, -0.15) is 0 Å². The second-order valence-corrected chi connectivity index (χ2v) is 5.19. The van der Waals surface area contributed by atoms with Crippen molar-refractivity contribution in [1.82, 2.24) is 0 Å². The largest absolute Gasteiger partial charge is 0.395 e. The van der Waals surface area contributed by atoms with Gasteiger partial charge in [-0.1, -0.05) is 43.4 Å². The van der Waals surface area contributed by atoms with Crippen molar-refractivity contribution in [2.45, 2.75) is 13.3 Å². The molecule has 0 saturated carbocycles. The molecular formula is C16H20N2OS. The summed E-state index contributed by atoms with van der Waals surface area (Å²) in [6, 6.07) is 12.1. The third-order valence-corrected chi connectivity index (χ3v) is 3.59. The van der Waals surface area contributed by atoms with E-state index in [1.54, 1.807) is 0 Å². The van der Waals surface area contributed by atoms with Crippen molar-refractivity contribution in [2.24, 2.45) is 5.73 Å². The lowest BCUT2D eigenvalue weighted by Crippen LogP contribution is -2.27. The predicted molar refractivity (Wildman–Crippen MR) is 89.4 cm³/mol. The highest BCUT2D eigenvalue weighted by Gasteiger charge is 2.12. The zero-order valence-corrected chi connectivity index (χ0v) is 12.5. The molecular weight excluding hydrogens is 268 g/mol. The summed E-state index contributed by atoms with van der Waals surface area (Å²) in [6.45, 7) is 3.82. The van der Waals surface area contributed by atoms with Crippen molar-refractivity contribution >= 4 is 33.7 Å². The van der Waals surface area contributed by atoms with Gasteiger partial charge in [-0.05, 0) is 23.9 Å². The standard InChI is InChI=1S/C16H20N2OS/c1-2-9-18(10-11-19)15-8-7-14(16(17)20)12-5-3-4-6-13(12)15/h3-8,19H,2,9-11H2,1H3,(H2,17,20). The number of nitrogens with two attached hydrogens (primary N) is 1. The van der Waals surface area contributed by atoms with E-state index >= 15 is 0 Å². The Kier molecular flexibility index (Phi) is 4.93. The first-order chi connectivity index (χ1) is 9.69. The second kappa shape index (κ2) is 6.68. The first-order valence-corrected chi connectivity index (χ1v) is 7.27. The fourth-order valence-corrected chi connectivity index (χ4v) is 2.70. The van der Waals surface area contributed by atoms with Crippen molar-refractivity contribution in [3.63, 3.8) is 0 Å². The van der Waals surface area contributed by atoms with E-state index in [4.69, 9.17) is 18.0 Å². The Bertz CT molecular complexity index is 606. The number of rotatable bonds is 6. The fourth-order valence-electron chi connectivity index (χ4n) is 2.52. The van der Waals surface area contributed by atoms with E-state index in [0.717, 1.165) is 35.0 Å². The van der Waals surface area contributed by atoms with E-state index < -0.39 is 0 Å². The number of aliphatic hydroxyl groups excluding tert-OH is 1. The van der Waals surface area contributed by atoms with Crippen LogP contribution in [-0.4, -0.2) is 29.8 Å². The van der Waals surface area contributed by atoms with E-state index in [1.807, 2.05) is 30.3 Å². The number of anilines is 1. The molecule has 0 amide bonds. The summed E-state index contributed by atoms with van der Waals surface area (Å²) in [5, 5.41) is 11.4. The minimum absolute atomic E-state index is 0.144. The van der Waals surface area contributed by atoms with Gasteiger partial charge in [0.2, 0.25) is 0 Å². The first kappa shape index (κ1) is 14.8. The summed E-state index contributed by atoms with van der Waals surface area (Å²) in [4.78, 5) is 2.61. The molecule has 3 N–H and O–H groups in total. The monoisotopic (exact) mass is 288 g/mol. The van der Waals surface area contributed by atoms with Crippen LogP contribution in [0.5, 0.6) is 0 Å². The van der Waals surface area contributed by atoms with Crippen molar-refractivity contribution in [3.8, 4) is 0 Å². The molecule has 2 rings (SSSR count). The Labute approximate surface area is 125 Å². The molecule has 0 bridgehead atoms. The van der Waals surface area contributed by atoms with Gasteiger partial charge in [0.25, 0.3) is 0 Å². The van der Waals surface area contributed by atoms with Gasteiger partial charge < -0.3 is 15.7 Å². The van der Waals surface area contributed by atoms with Crippen LogP contribution < -0.4 is 10.6 Å². The Morgan fingerprint density at radius 3 is 2.45 bits per heavy atom. The van der Waals surface area contributed by atoms with Crippen LogP contribution in [0.25, 0.3) is 10.8 Å². The zero-order valence-electron chi connectivity index (χ0n) is 11.7. The maximum absolute atomic E-state index is 9.26. The summed E-state index contributed by atoms with van der Waals surface area (Å²) < 4.78 is 0. The topological polar surface area (TPSA) is 49.5 Å². The third kappa shape index (κ3) is 2.92. The summed E-state index contributed by atoms with van der Waals surface area (Å²) >= 11 is 5.13. The third-order valence-electron chi connectivity index (χ3n) is 3.37. The zero-order chi connectivity index (χ0) is 14.5. The Morgan fingerprint density at radius 1 is 1.15 bits per heavy atom. The molecule has 3 nitrogen and oxygen atoms in total. The molecule has 0 heterocycles. The smallest absolute Gasteiger partial charge is 0.104 e. The van der Waals surface area contributed by atoms with Gasteiger partial charge >= 0.3 is 0 Å². The number of benzene rings is 2. The summed E-state index contributed by atoms with van der Waals surface area (Å²) in [5.74, 6) is 0. The lowest BCUT2D eigenvalue weighted by Gasteiger charge is -2.25. The fraction of sp³-hybridized carbons (Fsp3) is 0.312. The molecule has 0 radical (unpaired) electrons. The molecule has 2 aromatic carbocycles. The molecule has 2 aromatic rings. The molecule has 106 valence electrons. The Hall–Kier alpha value is -1.65. The van der Waals surface area contributed by atoms with Gasteiger partial charge in [-0.15, -0.1) is 0 Å². The number of nitrogens with zero attached hydrogens (tertiary/aromatic N) is 1. The maximum atomic E-state index is 9.26. The lowest BCUT2D eigenvalue weighted by atomic mass is 10.0. The molecule has 0 saturated heterocycles. The van der Waals surface area contributed by atoms with Crippen LogP contribution >= 0.6 is 12.2 Å². The molecule has 0 fully saturated rings. The van der Waals surface area contributed by atoms with Crippen molar-refractivity contribution in [1.29, 1.82) is 0 Å². The van der Waals surface area contributed by atoms with Gasteiger partial charge in [-0.3, -0.25) is 0 Å². The van der Waals surface area contributed by atoms with Crippen LogP contribution in [0, 0.1) is 0 Å². The van der Waals surface area contributed by atoms with E-state index in [0.29, 0.717) is 11.5 Å². The van der Waals surface area contributed by atoms with Crippen molar-refractivity contribution < 1.29 is 5.11 Å². The highest BCUT2D eigenvalue weighted by Crippen LogP contribution is 2.29. The summed E-state index contributed by atoms with van der Waals surface area (Å²) in [7, 11) is 0. The van der Waals surface area contributed by atoms with Crippen molar-refractivity contribution in [3.05, 3.63) is 42.0 Å². The van der Waals surface area contributed by atoms with Gasteiger partial charge in [0.1, 0.15) is 4.99 Å². The first-order valence-electron chi connectivity index (χ1n) is 6.86. The van der Waals surface area contributed by atoms with Gasteiger partial charge in [-0.25, -0.2) is 0 Å². The average Bonchev–Trinajstić information content (AvgIpc) is 2.45. The van der Waals surface area contributed by atoms with Crippen LogP contribution in [0.15, 0.2) is 36.4 Å². The number of fused-ring (bicyclic) bond motifs is 1. The molecule has 0 atom stereocenters. The summed E-state index contributed by atoms with van der Waals surface area (Å²) in [6.07, 6.45) is 1.03. The lowest BCUT2D eigenvalue weighted by molar-refractivity contribution is 0.302. The molecule has 0 aliphatic heterocycles. The van der Waals surface area contributed by atoms with E-state index in [-0.39, 0.29) is 6.61 Å². The van der Waals surface area contributed by atoms with E-state index in [2.05, 4.69) is 17.9 Å². The molecule has 4 heteroatoms. The molecule has 20 heavy (non-hydrogen) atoms. The highest BCUT2D eigenvalue weighted by molar-refractivity contribution is 7.80. The van der Waals surface area contributed by atoms with Crippen LogP contribution in [0.4, 0.5) is 5.69 Å². The molecule has 0 aromatic heterocycles. The van der Waals surface area contributed by atoms with Crippen molar-refractivity contribution in [2.75, 3.05) is 24.6 Å². The second-order valence-electron chi connectivity index (χ2n) is 4.75. The minimum Gasteiger partial charge on any atom is -0.395 e. The molecule has 0 aliphatic carbocycles. The van der Waals surface area contributed by atoms with E-state index in [1.165, 1.54) is 0 Å². The van der Waals surface area contributed by atoms with Crippen LogP contribution in [0.3, 0.4) is 0 Å². The van der Waals surface area contributed by atoms with Crippen LogP contribution in [-0.2, 0) is 0 Å². The maximum Gasteiger partial charge on any atom is 0.104 e. The number of thiocarbonyl (C=S) groups is 1. The molecule has 0 spiro atoms.